The van der Waals surface area contributed by atoms with E-state index in [0.717, 1.165) is 23.8 Å². The molecule has 0 aliphatic carbocycles. The Bertz CT molecular complexity index is 517. The average molecular weight is 291 g/mol. The van der Waals surface area contributed by atoms with Crippen LogP contribution in [0.25, 0.3) is 0 Å². The van der Waals surface area contributed by atoms with Gasteiger partial charge in [-0.25, -0.2) is 0 Å². The van der Waals surface area contributed by atoms with E-state index in [2.05, 4.69) is 31.1 Å². The third-order valence-electron chi connectivity index (χ3n) is 2.98. The number of hydrogen-bond donors (Lipinski definition) is 2. The number of amides is 1. The third kappa shape index (κ3) is 4.27. The summed E-state index contributed by atoms with van der Waals surface area (Å²) in [6.45, 7) is 7.62. The van der Waals surface area contributed by atoms with Crippen LogP contribution in [0.15, 0.2) is 29.3 Å². The molecule has 3 N–H and O–H groups in total. The van der Waals surface area contributed by atoms with Crippen LogP contribution in [-0.4, -0.2) is 22.9 Å². The van der Waals surface area contributed by atoms with Crippen LogP contribution in [0.2, 0.25) is 0 Å². The minimum Gasteiger partial charge on any atom is -0.366 e. The summed E-state index contributed by atoms with van der Waals surface area (Å²) in [6, 6.07) is 7.13. The standard InChI is InChI=1S/C15H21N3OS/c1-15(2,3)8-12-9-17-14(20-12)18-11-6-4-10(5-7-11)13(16)19/h4-7,12H,8-9H2,1-3H3,(H2,16,19)(H,17,18). The fourth-order valence-corrected chi connectivity index (χ4v) is 3.49. The number of carbonyl (C=O) groups is 1. The molecule has 0 fully saturated rings. The Hall–Kier alpha value is -1.49. The van der Waals surface area contributed by atoms with E-state index < -0.39 is 5.91 Å². The zero-order valence-electron chi connectivity index (χ0n) is 12.1. The van der Waals surface area contributed by atoms with Crippen LogP contribution in [0.5, 0.6) is 0 Å². The summed E-state index contributed by atoms with van der Waals surface area (Å²) in [6.07, 6.45) is 1.15. The second-order valence-corrected chi connectivity index (χ2v) is 7.51. The summed E-state index contributed by atoms with van der Waals surface area (Å²) in [7, 11) is 0. The number of benzene rings is 1. The smallest absolute Gasteiger partial charge is 0.248 e. The maximum Gasteiger partial charge on any atom is 0.248 e. The number of hydrogen-bond acceptors (Lipinski definition) is 4. The van der Waals surface area contributed by atoms with Crippen molar-refractivity contribution in [1.82, 2.24) is 0 Å². The van der Waals surface area contributed by atoms with Crippen LogP contribution < -0.4 is 11.1 Å². The first-order valence-corrected chi connectivity index (χ1v) is 7.59. The molecule has 4 nitrogen and oxygen atoms in total. The lowest BCUT2D eigenvalue weighted by molar-refractivity contribution is 0.100. The number of aliphatic imine (C=N–C) groups is 1. The van der Waals surface area contributed by atoms with E-state index in [1.165, 1.54) is 0 Å². The Morgan fingerprint density at radius 1 is 1.40 bits per heavy atom. The quantitative estimate of drug-likeness (QED) is 0.899. The molecule has 0 bridgehead atoms. The highest BCUT2D eigenvalue weighted by Crippen LogP contribution is 2.32. The van der Waals surface area contributed by atoms with Crippen molar-refractivity contribution in [2.45, 2.75) is 32.4 Å². The average Bonchev–Trinajstić information content (AvgIpc) is 2.74. The number of thioether (sulfide) groups is 1. The maximum atomic E-state index is 11.0. The molecule has 1 aromatic carbocycles. The van der Waals surface area contributed by atoms with Crippen molar-refractivity contribution in [1.29, 1.82) is 0 Å². The van der Waals surface area contributed by atoms with Gasteiger partial charge in [-0.3, -0.25) is 9.79 Å². The normalized spacial score (nSPS) is 18.8. The fourth-order valence-electron chi connectivity index (χ4n) is 2.12. The predicted molar refractivity (Wildman–Crippen MR) is 86.3 cm³/mol. The molecule has 108 valence electrons. The first-order valence-electron chi connectivity index (χ1n) is 6.71. The number of nitrogens with two attached hydrogens (primary N) is 1. The van der Waals surface area contributed by atoms with E-state index in [1.807, 2.05) is 12.1 Å². The molecule has 1 heterocycles. The SMILES string of the molecule is CC(C)(C)CC1CN=C(Nc2ccc(C(N)=O)cc2)S1. The first kappa shape index (κ1) is 14.9. The molecule has 1 amide bonds. The number of carbonyl (C=O) groups excluding carboxylic acids is 1. The molecule has 1 aromatic rings. The van der Waals surface area contributed by atoms with Crippen molar-refractivity contribution in [2.24, 2.45) is 16.1 Å². The van der Waals surface area contributed by atoms with E-state index in [-0.39, 0.29) is 0 Å². The number of rotatable bonds is 3. The number of anilines is 1. The lowest BCUT2D eigenvalue weighted by Crippen LogP contribution is -2.16. The van der Waals surface area contributed by atoms with E-state index in [0.29, 0.717) is 16.2 Å². The maximum absolute atomic E-state index is 11.0. The number of amidine groups is 1. The van der Waals surface area contributed by atoms with Crippen LogP contribution >= 0.6 is 11.8 Å². The third-order valence-corrected chi connectivity index (χ3v) is 4.08. The molecule has 1 atom stereocenters. The first-order chi connectivity index (χ1) is 9.33. The van der Waals surface area contributed by atoms with Crippen LogP contribution in [0.3, 0.4) is 0 Å². The molecule has 1 aliphatic heterocycles. The van der Waals surface area contributed by atoms with Gasteiger partial charge < -0.3 is 11.1 Å². The molecule has 0 aromatic heterocycles. The second-order valence-electron chi connectivity index (χ2n) is 6.22. The molecule has 0 radical (unpaired) electrons. The molecule has 0 saturated carbocycles. The van der Waals surface area contributed by atoms with Crippen molar-refractivity contribution in [3.8, 4) is 0 Å². The Labute approximate surface area is 124 Å². The lowest BCUT2D eigenvalue weighted by Gasteiger charge is -2.21. The highest BCUT2D eigenvalue weighted by Gasteiger charge is 2.24. The highest BCUT2D eigenvalue weighted by molar-refractivity contribution is 8.15. The Morgan fingerprint density at radius 3 is 2.60 bits per heavy atom. The summed E-state index contributed by atoms with van der Waals surface area (Å²) in [5.74, 6) is -0.408. The van der Waals surface area contributed by atoms with Gasteiger partial charge in [-0.15, -0.1) is 0 Å². The van der Waals surface area contributed by atoms with E-state index in [9.17, 15) is 4.79 Å². The van der Waals surface area contributed by atoms with Gasteiger partial charge >= 0.3 is 0 Å². The zero-order valence-corrected chi connectivity index (χ0v) is 13.0. The Kier molecular flexibility index (Phi) is 4.38. The van der Waals surface area contributed by atoms with Crippen molar-refractivity contribution < 1.29 is 4.79 Å². The molecule has 0 saturated heterocycles. The van der Waals surface area contributed by atoms with E-state index in [4.69, 9.17) is 5.73 Å². The zero-order chi connectivity index (χ0) is 14.8. The van der Waals surface area contributed by atoms with Crippen molar-refractivity contribution in [2.75, 3.05) is 11.9 Å². The number of nitrogens with zero attached hydrogens (tertiary/aromatic N) is 1. The van der Waals surface area contributed by atoms with Gasteiger partial charge in [0.1, 0.15) is 0 Å². The Morgan fingerprint density at radius 2 is 2.05 bits per heavy atom. The summed E-state index contributed by atoms with van der Waals surface area (Å²) < 4.78 is 0. The Balaban J connectivity index is 1.90. The topological polar surface area (TPSA) is 67.5 Å². The van der Waals surface area contributed by atoms with Gasteiger partial charge in [0.25, 0.3) is 0 Å². The van der Waals surface area contributed by atoms with Gasteiger partial charge in [0.2, 0.25) is 5.91 Å². The van der Waals surface area contributed by atoms with Gasteiger partial charge in [0.05, 0.1) is 6.54 Å². The molecule has 0 spiro atoms. The van der Waals surface area contributed by atoms with E-state index in [1.54, 1.807) is 23.9 Å². The lowest BCUT2D eigenvalue weighted by atomic mass is 9.90. The molecule has 1 aliphatic rings. The number of primary amides is 1. The van der Waals surface area contributed by atoms with Gasteiger partial charge in [0.15, 0.2) is 5.17 Å². The molecular formula is C15H21N3OS. The van der Waals surface area contributed by atoms with Gasteiger partial charge in [-0.1, -0.05) is 32.5 Å². The van der Waals surface area contributed by atoms with Gasteiger partial charge in [-0.05, 0) is 36.1 Å². The predicted octanol–water partition coefficient (Wildman–Crippen LogP) is 3.11. The van der Waals surface area contributed by atoms with Crippen LogP contribution in [0.4, 0.5) is 5.69 Å². The molecule has 2 rings (SSSR count). The van der Waals surface area contributed by atoms with Crippen LogP contribution in [0, 0.1) is 5.41 Å². The van der Waals surface area contributed by atoms with Crippen LogP contribution in [0.1, 0.15) is 37.6 Å². The van der Waals surface area contributed by atoms with Crippen molar-refractivity contribution >= 4 is 28.5 Å². The van der Waals surface area contributed by atoms with Crippen molar-refractivity contribution in [3.05, 3.63) is 29.8 Å². The van der Waals surface area contributed by atoms with Gasteiger partial charge in [-0.2, -0.15) is 0 Å². The van der Waals surface area contributed by atoms with Gasteiger partial charge in [0, 0.05) is 16.5 Å². The molecule has 5 heteroatoms. The molecular weight excluding hydrogens is 270 g/mol. The molecule has 20 heavy (non-hydrogen) atoms. The fraction of sp³-hybridized carbons (Fsp3) is 0.467. The second kappa shape index (κ2) is 5.87. The summed E-state index contributed by atoms with van der Waals surface area (Å²) >= 11 is 1.79. The molecule has 1 unspecified atom stereocenters. The summed E-state index contributed by atoms with van der Waals surface area (Å²) in [4.78, 5) is 15.5. The number of nitrogens with one attached hydrogen (secondary N) is 1. The van der Waals surface area contributed by atoms with Crippen molar-refractivity contribution in [3.63, 3.8) is 0 Å². The minimum absolute atomic E-state index is 0.325. The highest BCUT2D eigenvalue weighted by atomic mass is 32.2. The van der Waals surface area contributed by atoms with E-state index >= 15 is 0 Å². The minimum atomic E-state index is -0.408. The summed E-state index contributed by atoms with van der Waals surface area (Å²) in [5, 5.41) is 4.78. The largest absolute Gasteiger partial charge is 0.366 e. The van der Waals surface area contributed by atoms with Crippen LogP contribution in [-0.2, 0) is 0 Å². The summed E-state index contributed by atoms with van der Waals surface area (Å²) in [5.41, 5.74) is 6.99. The monoisotopic (exact) mass is 291 g/mol.